The Bertz CT molecular complexity index is 728. The number of pyridine rings is 1. The molecule has 1 aromatic carbocycles. The van der Waals surface area contributed by atoms with Gasteiger partial charge in [-0.1, -0.05) is 17.3 Å². The maximum atomic E-state index is 12.1. The lowest BCUT2D eigenvalue weighted by Crippen LogP contribution is -2.13. The van der Waals surface area contributed by atoms with Crippen LogP contribution in [0.2, 0.25) is 0 Å². The standard InChI is InChI=1S/C13H13N3O3S/c1-10(15-17)11-4-2-5-12(8-11)16-20(18,19)13-6-3-7-14-9-13/h2-9,16-17H,1H3/b15-10+. The van der Waals surface area contributed by atoms with Crippen molar-refractivity contribution in [2.75, 3.05) is 4.72 Å². The van der Waals surface area contributed by atoms with E-state index in [1.54, 1.807) is 37.3 Å². The van der Waals surface area contributed by atoms with E-state index in [-0.39, 0.29) is 4.90 Å². The van der Waals surface area contributed by atoms with Crippen LogP contribution < -0.4 is 4.72 Å². The van der Waals surface area contributed by atoms with Gasteiger partial charge in [-0.25, -0.2) is 8.42 Å². The number of nitrogens with zero attached hydrogens (tertiary/aromatic N) is 2. The fourth-order valence-corrected chi connectivity index (χ4v) is 2.60. The van der Waals surface area contributed by atoms with E-state index in [1.807, 2.05) is 0 Å². The summed E-state index contributed by atoms with van der Waals surface area (Å²) in [7, 11) is -3.68. The Hall–Kier alpha value is -2.41. The van der Waals surface area contributed by atoms with E-state index >= 15 is 0 Å². The normalized spacial score (nSPS) is 12.2. The number of aromatic nitrogens is 1. The molecule has 7 heteroatoms. The van der Waals surface area contributed by atoms with Crippen molar-refractivity contribution in [3.8, 4) is 0 Å². The van der Waals surface area contributed by atoms with Gasteiger partial charge in [0.05, 0.1) is 5.71 Å². The molecule has 0 atom stereocenters. The first kappa shape index (κ1) is 14.0. The van der Waals surface area contributed by atoms with Gasteiger partial charge in [0.25, 0.3) is 10.0 Å². The zero-order chi connectivity index (χ0) is 14.6. The Labute approximate surface area is 116 Å². The molecule has 2 rings (SSSR count). The second-order valence-electron chi connectivity index (χ2n) is 4.06. The minimum Gasteiger partial charge on any atom is -0.411 e. The van der Waals surface area contributed by atoms with Crippen molar-refractivity contribution in [3.63, 3.8) is 0 Å². The van der Waals surface area contributed by atoms with E-state index < -0.39 is 10.0 Å². The molecule has 0 saturated carbocycles. The highest BCUT2D eigenvalue weighted by Gasteiger charge is 2.14. The van der Waals surface area contributed by atoms with Crippen molar-refractivity contribution < 1.29 is 13.6 Å². The highest BCUT2D eigenvalue weighted by Crippen LogP contribution is 2.16. The molecule has 1 heterocycles. The highest BCUT2D eigenvalue weighted by molar-refractivity contribution is 7.92. The van der Waals surface area contributed by atoms with Crippen molar-refractivity contribution in [1.29, 1.82) is 0 Å². The van der Waals surface area contributed by atoms with E-state index in [9.17, 15) is 8.42 Å². The topological polar surface area (TPSA) is 91.7 Å². The average molecular weight is 291 g/mol. The van der Waals surface area contributed by atoms with Gasteiger partial charge in [-0.3, -0.25) is 9.71 Å². The average Bonchev–Trinajstić information content (AvgIpc) is 2.47. The fourth-order valence-electron chi connectivity index (χ4n) is 1.59. The molecule has 0 aliphatic carbocycles. The lowest BCUT2D eigenvalue weighted by atomic mass is 10.1. The maximum Gasteiger partial charge on any atom is 0.263 e. The third-order valence-corrected chi connectivity index (χ3v) is 3.99. The summed E-state index contributed by atoms with van der Waals surface area (Å²) in [4.78, 5) is 3.86. The van der Waals surface area contributed by atoms with Crippen molar-refractivity contribution in [2.24, 2.45) is 5.16 Å². The van der Waals surface area contributed by atoms with Gasteiger partial charge in [-0.2, -0.15) is 0 Å². The second-order valence-corrected chi connectivity index (χ2v) is 5.74. The van der Waals surface area contributed by atoms with Crippen LogP contribution in [0.1, 0.15) is 12.5 Å². The summed E-state index contributed by atoms with van der Waals surface area (Å²) >= 11 is 0. The first-order valence-corrected chi connectivity index (χ1v) is 7.23. The molecule has 0 amide bonds. The highest BCUT2D eigenvalue weighted by atomic mass is 32.2. The molecule has 0 bridgehead atoms. The van der Waals surface area contributed by atoms with Gasteiger partial charge in [-0.15, -0.1) is 0 Å². The quantitative estimate of drug-likeness (QED) is 0.512. The summed E-state index contributed by atoms with van der Waals surface area (Å²) in [5, 5.41) is 11.8. The van der Waals surface area contributed by atoms with Crippen LogP contribution >= 0.6 is 0 Å². The maximum absolute atomic E-state index is 12.1. The number of hydrogen-bond donors (Lipinski definition) is 2. The van der Waals surface area contributed by atoms with Crippen molar-refractivity contribution in [3.05, 3.63) is 54.4 Å². The summed E-state index contributed by atoms with van der Waals surface area (Å²) in [5.41, 5.74) is 1.40. The molecule has 2 N–H and O–H groups in total. The predicted octanol–water partition coefficient (Wildman–Crippen LogP) is 2.08. The van der Waals surface area contributed by atoms with Crippen molar-refractivity contribution in [2.45, 2.75) is 11.8 Å². The minimum absolute atomic E-state index is 0.0814. The molecule has 6 nitrogen and oxygen atoms in total. The Morgan fingerprint density at radius 1 is 1.30 bits per heavy atom. The van der Waals surface area contributed by atoms with Gasteiger partial charge < -0.3 is 5.21 Å². The molecular weight excluding hydrogens is 278 g/mol. The van der Waals surface area contributed by atoms with E-state index in [4.69, 9.17) is 5.21 Å². The Kier molecular flexibility index (Phi) is 3.99. The monoisotopic (exact) mass is 291 g/mol. The Balaban J connectivity index is 2.31. The fraction of sp³-hybridized carbons (Fsp3) is 0.0769. The van der Waals surface area contributed by atoms with Crippen LogP contribution in [0.3, 0.4) is 0 Å². The number of anilines is 1. The zero-order valence-electron chi connectivity index (χ0n) is 10.7. The molecule has 0 radical (unpaired) electrons. The number of benzene rings is 1. The molecule has 20 heavy (non-hydrogen) atoms. The summed E-state index contributed by atoms with van der Waals surface area (Å²) in [6.45, 7) is 1.62. The summed E-state index contributed by atoms with van der Waals surface area (Å²) < 4.78 is 26.7. The van der Waals surface area contributed by atoms with Crippen LogP contribution in [0.5, 0.6) is 0 Å². The molecule has 0 saturated heterocycles. The molecule has 0 aliphatic rings. The van der Waals surface area contributed by atoms with Crippen LogP contribution in [0.4, 0.5) is 5.69 Å². The molecule has 0 unspecified atom stereocenters. The van der Waals surface area contributed by atoms with Gasteiger partial charge in [0, 0.05) is 23.6 Å². The van der Waals surface area contributed by atoms with Gasteiger partial charge in [0.2, 0.25) is 0 Å². The zero-order valence-corrected chi connectivity index (χ0v) is 11.5. The third-order valence-electron chi connectivity index (χ3n) is 2.63. The SMILES string of the molecule is C/C(=N\O)c1cccc(NS(=O)(=O)c2cccnc2)c1. The molecule has 2 aromatic rings. The van der Waals surface area contributed by atoms with E-state index in [1.165, 1.54) is 18.5 Å². The van der Waals surface area contributed by atoms with Gasteiger partial charge >= 0.3 is 0 Å². The van der Waals surface area contributed by atoms with Crippen LogP contribution in [0, 0.1) is 0 Å². The molecule has 0 fully saturated rings. The minimum atomic E-state index is -3.68. The third kappa shape index (κ3) is 3.12. The summed E-state index contributed by atoms with van der Waals surface area (Å²) in [6.07, 6.45) is 2.77. The lowest BCUT2D eigenvalue weighted by molar-refractivity contribution is 0.319. The van der Waals surface area contributed by atoms with Crippen LogP contribution in [-0.2, 0) is 10.0 Å². The van der Waals surface area contributed by atoms with Gasteiger partial charge in [0.1, 0.15) is 4.90 Å². The van der Waals surface area contributed by atoms with Crippen molar-refractivity contribution in [1.82, 2.24) is 4.98 Å². The molecular formula is C13H13N3O3S. The summed E-state index contributed by atoms with van der Waals surface area (Å²) in [6, 6.07) is 9.60. The molecule has 104 valence electrons. The first-order chi connectivity index (χ1) is 9.53. The van der Waals surface area contributed by atoms with Crippen molar-refractivity contribution >= 4 is 21.4 Å². The Morgan fingerprint density at radius 2 is 2.10 bits per heavy atom. The number of rotatable bonds is 4. The predicted molar refractivity (Wildman–Crippen MR) is 75.5 cm³/mol. The first-order valence-electron chi connectivity index (χ1n) is 5.75. The number of hydrogen-bond acceptors (Lipinski definition) is 5. The Morgan fingerprint density at radius 3 is 2.75 bits per heavy atom. The number of nitrogens with one attached hydrogen (secondary N) is 1. The van der Waals surface area contributed by atoms with Gasteiger partial charge in [0.15, 0.2) is 0 Å². The number of oxime groups is 1. The van der Waals surface area contributed by atoms with Crippen LogP contribution in [0.25, 0.3) is 0 Å². The van der Waals surface area contributed by atoms with E-state index in [0.29, 0.717) is 17.0 Å². The largest absolute Gasteiger partial charge is 0.411 e. The number of sulfonamides is 1. The lowest BCUT2D eigenvalue weighted by Gasteiger charge is -2.08. The van der Waals surface area contributed by atoms with Gasteiger partial charge in [-0.05, 0) is 31.2 Å². The van der Waals surface area contributed by atoms with Crippen LogP contribution in [-0.4, -0.2) is 24.3 Å². The smallest absolute Gasteiger partial charge is 0.263 e. The molecule has 0 aliphatic heterocycles. The van der Waals surface area contributed by atoms with E-state index in [0.717, 1.165) is 0 Å². The molecule has 1 aromatic heterocycles. The van der Waals surface area contributed by atoms with Crippen LogP contribution in [0.15, 0.2) is 58.8 Å². The van der Waals surface area contributed by atoms with E-state index in [2.05, 4.69) is 14.9 Å². The second kappa shape index (κ2) is 5.70. The molecule has 0 spiro atoms. The summed E-state index contributed by atoms with van der Waals surface area (Å²) in [5.74, 6) is 0.